The van der Waals surface area contributed by atoms with Gasteiger partial charge in [0, 0.05) is 6.42 Å². The molecule has 0 aromatic heterocycles. The smallest absolute Gasteiger partial charge is 0.297 e. The van der Waals surface area contributed by atoms with E-state index >= 15 is 0 Å². The number of ketones is 1. The Labute approximate surface area is 127 Å². The van der Waals surface area contributed by atoms with Crippen molar-refractivity contribution in [1.82, 2.24) is 0 Å². The van der Waals surface area contributed by atoms with Crippen LogP contribution in [0.2, 0.25) is 0 Å². The molecule has 0 saturated heterocycles. The molecule has 1 rings (SSSR count). The maximum Gasteiger partial charge on any atom is 0.297 e. The number of carbonyl (C=O) groups is 1. The van der Waals surface area contributed by atoms with E-state index in [2.05, 4.69) is 0 Å². The van der Waals surface area contributed by atoms with Crippen LogP contribution in [0.1, 0.15) is 43.9 Å². The van der Waals surface area contributed by atoms with Crippen LogP contribution in [0, 0.1) is 26.2 Å². The highest BCUT2D eigenvalue weighted by Gasteiger charge is 2.23. The van der Waals surface area contributed by atoms with Gasteiger partial charge in [0.2, 0.25) is 0 Å². The van der Waals surface area contributed by atoms with Gasteiger partial charge in [-0.15, -0.1) is 0 Å². The Bertz CT molecular complexity index is 614. The van der Waals surface area contributed by atoms with Gasteiger partial charge in [0.15, 0.2) is 5.78 Å². The number of aryl methyl sites for hydroxylation is 3. The number of carbonyl (C=O) groups excluding carboxylic acids is 1. The maximum absolute atomic E-state index is 12.3. The molecule has 0 unspecified atom stereocenters. The van der Waals surface area contributed by atoms with Gasteiger partial charge in [-0.05, 0) is 37.3 Å². The highest BCUT2D eigenvalue weighted by molar-refractivity contribution is 7.86. The second-order valence-electron chi connectivity index (χ2n) is 6.72. The molecular formula is C16H24O4S. The standard InChI is InChI=1S/C16H24O4S/c1-11-7-12(2)15(13(3)8-11)21(18,19)20-10-14(17)9-16(4,5)6/h7-8H,9-10H2,1-6H3. The molecule has 0 amide bonds. The normalized spacial score (nSPS) is 12.5. The predicted octanol–water partition coefficient (Wildman–Crippen LogP) is 3.32. The van der Waals surface area contributed by atoms with Gasteiger partial charge < -0.3 is 0 Å². The Morgan fingerprint density at radius 1 is 1.10 bits per heavy atom. The summed E-state index contributed by atoms with van der Waals surface area (Å²) < 4.78 is 29.5. The van der Waals surface area contributed by atoms with E-state index in [1.807, 2.05) is 27.7 Å². The van der Waals surface area contributed by atoms with Crippen molar-refractivity contribution in [3.8, 4) is 0 Å². The fraction of sp³-hybridized carbons (Fsp3) is 0.562. The van der Waals surface area contributed by atoms with E-state index in [1.54, 1.807) is 26.0 Å². The van der Waals surface area contributed by atoms with Crippen LogP contribution in [0.3, 0.4) is 0 Å². The van der Waals surface area contributed by atoms with Crippen molar-refractivity contribution in [2.45, 2.75) is 52.9 Å². The number of hydrogen-bond acceptors (Lipinski definition) is 4. The summed E-state index contributed by atoms with van der Waals surface area (Å²) in [6, 6.07) is 3.58. The molecule has 0 radical (unpaired) electrons. The molecule has 21 heavy (non-hydrogen) atoms. The van der Waals surface area contributed by atoms with Crippen molar-refractivity contribution in [2.24, 2.45) is 5.41 Å². The van der Waals surface area contributed by atoms with Crippen LogP contribution < -0.4 is 0 Å². The van der Waals surface area contributed by atoms with E-state index in [9.17, 15) is 13.2 Å². The minimum atomic E-state index is -3.91. The predicted molar refractivity (Wildman–Crippen MR) is 82.9 cm³/mol. The van der Waals surface area contributed by atoms with Gasteiger partial charge in [-0.25, -0.2) is 0 Å². The summed E-state index contributed by atoms with van der Waals surface area (Å²) >= 11 is 0. The Kier molecular flexibility index (Phi) is 5.34. The maximum atomic E-state index is 12.3. The zero-order chi connectivity index (χ0) is 16.4. The Balaban J connectivity index is 2.91. The van der Waals surface area contributed by atoms with Crippen molar-refractivity contribution < 1.29 is 17.4 Å². The minimum Gasteiger partial charge on any atom is -0.297 e. The van der Waals surface area contributed by atoms with Gasteiger partial charge in [-0.2, -0.15) is 8.42 Å². The van der Waals surface area contributed by atoms with Crippen molar-refractivity contribution in [3.05, 3.63) is 28.8 Å². The number of rotatable bonds is 5. The Morgan fingerprint density at radius 2 is 1.57 bits per heavy atom. The third-order valence-corrected chi connectivity index (χ3v) is 4.53. The lowest BCUT2D eigenvalue weighted by molar-refractivity contribution is -0.122. The Hall–Kier alpha value is -1.20. The summed E-state index contributed by atoms with van der Waals surface area (Å²) in [6.45, 7) is 10.7. The molecule has 0 aliphatic heterocycles. The monoisotopic (exact) mass is 312 g/mol. The van der Waals surface area contributed by atoms with Crippen molar-refractivity contribution in [1.29, 1.82) is 0 Å². The zero-order valence-corrected chi connectivity index (χ0v) is 14.4. The first kappa shape index (κ1) is 17.9. The summed E-state index contributed by atoms with van der Waals surface area (Å²) in [5.74, 6) is -0.214. The van der Waals surface area contributed by atoms with E-state index in [-0.39, 0.29) is 22.5 Å². The van der Waals surface area contributed by atoms with Crippen LogP contribution in [0.5, 0.6) is 0 Å². The van der Waals surface area contributed by atoms with Gasteiger partial charge in [0.05, 0.1) is 4.90 Å². The quantitative estimate of drug-likeness (QED) is 0.783. The summed E-state index contributed by atoms with van der Waals surface area (Å²) in [4.78, 5) is 11.9. The summed E-state index contributed by atoms with van der Waals surface area (Å²) in [5.41, 5.74) is 2.08. The van der Waals surface area contributed by atoms with Crippen LogP contribution in [-0.4, -0.2) is 20.8 Å². The molecule has 0 saturated carbocycles. The molecule has 1 aromatic rings. The minimum absolute atomic E-state index is 0.164. The van der Waals surface area contributed by atoms with Gasteiger partial charge >= 0.3 is 0 Å². The molecule has 0 aliphatic carbocycles. The lowest BCUT2D eigenvalue weighted by Gasteiger charge is -2.17. The lowest BCUT2D eigenvalue weighted by Crippen LogP contribution is -2.20. The van der Waals surface area contributed by atoms with E-state index in [0.29, 0.717) is 11.1 Å². The lowest BCUT2D eigenvalue weighted by atomic mass is 9.90. The van der Waals surface area contributed by atoms with E-state index in [1.165, 1.54) is 0 Å². The van der Waals surface area contributed by atoms with Crippen LogP contribution >= 0.6 is 0 Å². The highest BCUT2D eigenvalue weighted by Crippen LogP contribution is 2.24. The molecule has 0 aliphatic rings. The average molecular weight is 312 g/mol. The molecule has 0 N–H and O–H groups in total. The molecule has 0 fully saturated rings. The molecule has 0 atom stereocenters. The summed E-state index contributed by atoms with van der Waals surface area (Å²) in [7, 11) is -3.91. The van der Waals surface area contributed by atoms with Gasteiger partial charge in [-0.1, -0.05) is 38.5 Å². The highest BCUT2D eigenvalue weighted by atomic mass is 32.2. The second kappa shape index (κ2) is 6.28. The second-order valence-corrected chi connectivity index (χ2v) is 8.27. The first-order valence-electron chi connectivity index (χ1n) is 6.91. The van der Waals surface area contributed by atoms with Crippen molar-refractivity contribution in [2.75, 3.05) is 6.61 Å². The molecule has 0 bridgehead atoms. The van der Waals surface area contributed by atoms with Gasteiger partial charge in [0.25, 0.3) is 10.1 Å². The van der Waals surface area contributed by atoms with Gasteiger partial charge in [-0.3, -0.25) is 8.98 Å². The van der Waals surface area contributed by atoms with E-state index in [4.69, 9.17) is 4.18 Å². The van der Waals surface area contributed by atoms with Crippen molar-refractivity contribution in [3.63, 3.8) is 0 Å². The summed E-state index contributed by atoms with van der Waals surface area (Å²) in [6.07, 6.45) is 0.286. The first-order valence-corrected chi connectivity index (χ1v) is 8.32. The summed E-state index contributed by atoms with van der Waals surface area (Å²) in [5, 5.41) is 0. The number of hydrogen-bond donors (Lipinski definition) is 0. The molecule has 1 aromatic carbocycles. The van der Waals surface area contributed by atoms with E-state index in [0.717, 1.165) is 5.56 Å². The molecule has 4 nitrogen and oxygen atoms in total. The Morgan fingerprint density at radius 3 is 2.00 bits per heavy atom. The van der Waals surface area contributed by atoms with Crippen LogP contribution in [0.15, 0.2) is 17.0 Å². The molecule has 0 spiro atoms. The van der Waals surface area contributed by atoms with Crippen LogP contribution in [-0.2, 0) is 19.1 Å². The molecule has 5 heteroatoms. The molecular weight excluding hydrogens is 288 g/mol. The number of Topliss-reactive ketones (excluding diaryl/α,β-unsaturated/α-hetero) is 1. The van der Waals surface area contributed by atoms with Gasteiger partial charge in [0.1, 0.15) is 6.61 Å². The third-order valence-electron chi connectivity index (χ3n) is 2.96. The first-order chi connectivity index (χ1) is 9.42. The van der Waals surface area contributed by atoms with E-state index < -0.39 is 16.7 Å². The molecule has 118 valence electrons. The molecule has 0 heterocycles. The SMILES string of the molecule is Cc1cc(C)c(S(=O)(=O)OCC(=O)CC(C)(C)C)c(C)c1. The zero-order valence-electron chi connectivity index (χ0n) is 13.6. The topological polar surface area (TPSA) is 60.4 Å². The fourth-order valence-corrected chi connectivity index (χ4v) is 3.72. The number of benzene rings is 1. The van der Waals surface area contributed by atoms with Crippen molar-refractivity contribution >= 4 is 15.9 Å². The fourth-order valence-electron chi connectivity index (χ4n) is 2.41. The van der Waals surface area contributed by atoms with Crippen LogP contribution in [0.4, 0.5) is 0 Å². The average Bonchev–Trinajstić information content (AvgIpc) is 2.22. The van der Waals surface area contributed by atoms with Crippen LogP contribution in [0.25, 0.3) is 0 Å². The third kappa shape index (κ3) is 5.25. The largest absolute Gasteiger partial charge is 0.297 e.